The summed E-state index contributed by atoms with van der Waals surface area (Å²) in [4.78, 5) is 7.53. The van der Waals surface area contributed by atoms with Gasteiger partial charge in [-0.05, 0) is 47.5 Å². The molecule has 4 rings (SSSR count). The van der Waals surface area contributed by atoms with E-state index < -0.39 is 9.84 Å². The van der Waals surface area contributed by atoms with Gasteiger partial charge in [0.1, 0.15) is 11.6 Å². The maximum absolute atomic E-state index is 13.2. The second kappa shape index (κ2) is 7.85. The molecule has 3 aromatic carbocycles. The lowest BCUT2D eigenvalue weighted by molar-refractivity contribution is 0.596. The molecule has 1 aromatic heterocycles. The standard InChI is InChI=1S/C23H17FN2O2S/c24-19-11-7-17(8-12-19)5-6-18-9-13-20(14-10-18)29(27,28)22-4-2-1-3-21(22)23-25-15-16-26-23/h1-16H,(H,25,26)/b6-5+. The Labute approximate surface area is 168 Å². The van der Waals surface area contributed by atoms with Crippen molar-refractivity contribution in [3.05, 3.63) is 102 Å². The summed E-state index contributed by atoms with van der Waals surface area (Å²) in [7, 11) is -3.71. The molecule has 0 aliphatic carbocycles. The molecule has 6 heteroatoms. The largest absolute Gasteiger partial charge is 0.345 e. The lowest BCUT2D eigenvalue weighted by Gasteiger charge is -2.09. The van der Waals surface area contributed by atoms with Crippen LogP contribution in [-0.4, -0.2) is 18.4 Å². The second-order valence-electron chi connectivity index (χ2n) is 6.39. The van der Waals surface area contributed by atoms with Crippen LogP contribution in [0.25, 0.3) is 23.5 Å². The summed E-state index contributed by atoms with van der Waals surface area (Å²) in [5.74, 6) is 0.217. The van der Waals surface area contributed by atoms with Crippen LogP contribution < -0.4 is 0 Å². The van der Waals surface area contributed by atoms with Crippen LogP contribution in [0, 0.1) is 5.82 Å². The summed E-state index contributed by atoms with van der Waals surface area (Å²) in [5.41, 5.74) is 2.22. The second-order valence-corrected chi connectivity index (χ2v) is 8.31. The summed E-state index contributed by atoms with van der Waals surface area (Å²) in [6.45, 7) is 0. The fraction of sp³-hybridized carbons (Fsp3) is 0. The Kier molecular flexibility index (Phi) is 5.10. The monoisotopic (exact) mass is 404 g/mol. The Morgan fingerprint density at radius 2 is 1.45 bits per heavy atom. The number of benzene rings is 3. The lowest BCUT2D eigenvalue weighted by Crippen LogP contribution is -2.04. The summed E-state index contributed by atoms with van der Waals surface area (Å²) >= 11 is 0. The maximum atomic E-state index is 13.2. The minimum absolute atomic E-state index is 0.199. The number of hydrogen-bond donors (Lipinski definition) is 1. The van der Waals surface area contributed by atoms with Gasteiger partial charge in [0.15, 0.2) is 0 Å². The fourth-order valence-corrected chi connectivity index (χ4v) is 4.42. The molecule has 144 valence electrons. The predicted octanol–water partition coefficient (Wildman–Crippen LogP) is 5.22. The number of hydrogen-bond acceptors (Lipinski definition) is 3. The van der Waals surface area contributed by atoms with Gasteiger partial charge < -0.3 is 4.98 Å². The average molecular weight is 404 g/mol. The lowest BCUT2D eigenvalue weighted by atomic mass is 10.1. The van der Waals surface area contributed by atoms with Crippen molar-refractivity contribution < 1.29 is 12.8 Å². The minimum Gasteiger partial charge on any atom is -0.345 e. The van der Waals surface area contributed by atoms with Crippen molar-refractivity contribution in [1.82, 2.24) is 9.97 Å². The Bertz CT molecular complexity index is 1250. The highest BCUT2D eigenvalue weighted by Gasteiger charge is 2.22. The van der Waals surface area contributed by atoms with E-state index in [1.807, 2.05) is 12.2 Å². The van der Waals surface area contributed by atoms with E-state index in [2.05, 4.69) is 9.97 Å². The number of aromatic nitrogens is 2. The molecule has 0 saturated heterocycles. The Balaban J connectivity index is 1.63. The molecule has 0 atom stereocenters. The van der Waals surface area contributed by atoms with Crippen molar-refractivity contribution in [2.24, 2.45) is 0 Å². The molecule has 0 aliphatic rings. The predicted molar refractivity (Wildman–Crippen MR) is 111 cm³/mol. The van der Waals surface area contributed by atoms with Crippen molar-refractivity contribution in [3.8, 4) is 11.4 Å². The highest BCUT2D eigenvalue weighted by atomic mass is 32.2. The number of nitrogens with one attached hydrogen (secondary N) is 1. The van der Waals surface area contributed by atoms with Crippen LogP contribution in [0.2, 0.25) is 0 Å². The van der Waals surface area contributed by atoms with Crippen molar-refractivity contribution >= 4 is 22.0 Å². The van der Waals surface area contributed by atoms with Crippen LogP contribution in [0.5, 0.6) is 0 Å². The third-order valence-corrected chi connectivity index (χ3v) is 6.29. The van der Waals surface area contributed by atoms with Crippen LogP contribution in [0.4, 0.5) is 4.39 Å². The summed E-state index contributed by atoms with van der Waals surface area (Å²) in [5, 5.41) is 0. The molecule has 4 nitrogen and oxygen atoms in total. The molecule has 0 saturated carbocycles. The molecule has 0 bridgehead atoms. The van der Waals surface area contributed by atoms with Crippen LogP contribution in [0.3, 0.4) is 0 Å². The summed E-state index contributed by atoms with van der Waals surface area (Å²) < 4.78 is 39.3. The zero-order valence-electron chi connectivity index (χ0n) is 15.3. The van der Waals surface area contributed by atoms with E-state index in [-0.39, 0.29) is 15.6 Å². The number of nitrogens with zero attached hydrogens (tertiary/aromatic N) is 1. The van der Waals surface area contributed by atoms with Gasteiger partial charge in [0.05, 0.1) is 9.79 Å². The van der Waals surface area contributed by atoms with Crippen LogP contribution >= 0.6 is 0 Å². The molecule has 0 fully saturated rings. The van der Waals surface area contributed by atoms with Gasteiger partial charge in [-0.2, -0.15) is 0 Å². The number of aromatic amines is 1. The molecule has 0 unspecified atom stereocenters. The average Bonchev–Trinajstić information content (AvgIpc) is 3.28. The van der Waals surface area contributed by atoms with Crippen LogP contribution in [0.1, 0.15) is 11.1 Å². The van der Waals surface area contributed by atoms with Gasteiger partial charge >= 0.3 is 0 Å². The van der Waals surface area contributed by atoms with Crippen LogP contribution in [0.15, 0.2) is 95.0 Å². The molecule has 0 radical (unpaired) electrons. The molecule has 1 heterocycles. The van der Waals surface area contributed by atoms with Crippen molar-refractivity contribution in [2.45, 2.75) is 9.79 Å². The Hall–Kier alpha value is -3.51. The van der Waals surface area contributed by atoms with Gasteiger partial charge in [-0.3, -0.25) is 0 Å². The van der Waals surface area contributed by atoms with Gasteiger partial charge in [0, 0.05) is 18.0 Å². The number of halogens is 1. The molecular formula is C23H17FN2O2S. The molecule has 0 aliphatic heterocycles. The van der Waals surface area contributed by atoms with E-state index in [1.165, 1.54) is 12.1 Å². The topological polar surface area (TPSA) is 62.8 Å². The van der Waals surface area contributed by atoms with E-state index in [1.54, 1.807) is 73.1 Å². The fourth-order valence-electron chi connectivity index (χ4n) is 2.96. The number of imidazole rings is 1. The van der Waals surface area contributed by atoms with E-state index in [9.17, 15) is 12.8 Å². The third kappa shape index (κ3) is 4.02. The molecule has 4 aromatic rings. The van der Waals surface area contributed by atoms with Crippen LogP contribution in [-0.2, 0) is 9.84 Å². The van der Waals surface area contributed by atoms with Gasteiger partial charge in [0.25, 0.3) is 0 Å². The molecular weight excluding hydrogens is 387 g/mol. The van der Waals surface area contributed by atoms with Crippen molar-refractivity contribution in [1.29, 1.82) is 0 Å². The van der Waals surface area contributed by atoms with Gasteiger partial charge in [-0.25, -0.2) is 17.8 Å². The number of rotatable bonds is 5. The number of H-pyrrole nitrogens is 1. The van der Waals surface area contributed by atoms with Crippen molar-refractivity contribution in [2.75, 3.05) is 0 Å². The van der Waals surface area contributed by atoms with E-state index in [0.717, 1.165) is 11.1 Å². The Morgan fingerprint density at radius 3 is 2.07 bits per heavy atom. The summed E-state index contributed by atoms with van der Waals surface area (Å²) in [6.07, 6.45) is 6.93. The van der Waals surface area contributed by atoms with Gasteiger partial charge in [0.2, 0.25) is 9.84 Å². The highest BCUT2D eigenvalue weighted by molar-refractivity contribution is 7.91. The van der Waals surface area contributed by atoms with Crippen molar-refractivity contribution in [3.63, 3.8) is 0 Å². The molecule has 1 N–H and O–H groups in total. The van der Waals surface area contributed by atoms with E-state index >= 15 is 0 Å². The molecule has 0 amide bonds. The first-order chi connectivity index (χ1) is 14.0. The van der Waals surface area contributed by atoms with E-state index in [4.69, 9.17) is 0 Å². The van der Waals surface area contributed by atoms with Gasteiger partial charge in [-0.1, -0.05) is 48.6 Å². The normalized spacial score (nSPS) is 11.8. The zero-order chi connectivity index (χ0) is 20.3. The first-order valence-electron chi connectivity index (χ1n) is 8.92. The van der Waals surface area contributed by atoms with E-state index in [0.29, 0.717) is 11.4 Å². The van der Waals surface area contributed by atoms with Gasteiger partial charge in [-0.15, -0.1) is 0 Å². The first-order valence-corrected chi connectivity index (χ1v) is 10.4. The molecule has 29 heavy (non-hydrogen) atoms. The highest BCUT2D eigenvalue weighted by Crippen LogP contribution is 2.29. The molecule has 0 spiro atoms. The Morgan fingerprint density at radius 1 is 0.828 bits per heavy atom. The third-order valence-electron chi connectivity index (χ3n) is 4.46. The zero-order valence-corrected chi connectivity index (χ0v) is 16.1. The quantitative estimate of drug-likeness (QED) is 0.464. The first kappa shape index (κ1) is 18.8. The maximum Gasteiger partial charge on any atom is 0.207 e. The number of sulfone groups is 1. The SMILES string of the molecule is O=S(=O)(c1ccc(/C=C/c2ccc(F)cc2)cc1)c1ccccc1-c1ncc[nH]1. The summed E-state index contributed by atoms with van der Waals surface area (Å²) in [6, 6.07) is 19.6. The smallest absolute Gasteiger partial charge is 0.207 e. The minimum atomic E-state index is -3.71.